The van der Waals surface area contributed by atoms with Crippen LogP contribution in [0.1, 0.15) is 17.3 Å². The molecule has 0 spiro atoms. The number of hydrogen-bond donors (Lipinski definition) is 0. The molecule has 0 aliphatic rings. The van der Waals surface area contributed by atoms with Crippen LogP contribution < -0.4 is 0 Å². The second kappa shape index (κ2) is 4.07. The number of alkyl halides is 1. The van der Waals surface area contributed by atoms with Crippen LogP contribution in [0.4, 0.5) is 0 Å². The van der Waals surface area contributed by atoms with Crippen molar-refractivity contribution in [3.8, 4) is 0 Å². The zero-order valence-electron chi connectivity index (χ0n) is 8.53. The third kappa shape index (κ3) is 1.65. The van der Waals surface area contributed by atoms with Crippen molar-refractivity contribution in [1.29, 1.82) is 0 Å². The summed E-state index contributed by atoms with van der Waals surface area (Å²) in [4.78, 5) is 11.6. The van der Waals surface area contributed by atoms with Gasteiger partial charge in [-0.15, -0.1) is 11.6 Å². The van der Waals surface area contributed by atoms with Crippen molar-refractivity contribution in [2.75, 3.05) is 5.88 Å². The molecule has 78 valence electrons. The highest BCUT2D eigenvalue weighted by atomic mass is 35.5. The molecular formula is C12H12ClNO. The van der Waals surface area contributed by atoms with Crippen LogP contribution in [-0.2, 0) is 6.54 Å². The van der Waals surface area contributed by atoms with E-state index in [1.807, 2.05) is 30.5 Å². The molecule has 1 heterocycles. The Labute approximate surface area is 93.5 Å². The molecule has 1 aromatic carbocycles. The fourth-order valence-electron chi connectivity index (χ4n) is 1.80. The zero-order valence-corrected chi connectivity index (χ0v) is 9.29. The molecule has 0 fully saturated rings. The first kappa shape index (κ1) is 10.2. The van der Waals surface area contributed by atoms with E-state index in [0.29, 0.717) is 0 Å². The van der Waals surface area contributed by atoms with Gasteiger partial charge in [0.2, 0.25) is 0 Å². The monoisotopic (exact) mass is 221 g/mol. The molecule has 0 aliphatic carbocycles. The first-order chi connectivity index (χ1) is 7.27. The molecule has 0 atom stereocenters. The number of ketones is 1. The van der Waals surface area contributed by atoms with Crippen LogP contribution in [-0.4, -0.2) is 16.2 Å². The van der Waals surface area contributed by atoms with Crippen LogP contribution in [0.25, 0.3) is 10.9 Å². The molecule has 1 aromatic heterocycles. The van der Waals surface area contributed by atoms with Crippen molar-refractivity contribution in [2.24, 2.45) is 0 Å². The van der Waals surface area contributed by atoms with Gasteiger partial charge in [-0.2, -0.15) is 0 Å². The summed E-state index contributed by atoms with van der Waals surface area (Å²) in [7, 11) is 0. The lowest BCUT2D eigenvalue weighted by Gasteiger charge is -1.97. The van der Waals surface area contributed by atoms with Gasteiger partial charge in [-0.3, -0.25) is 4.79 Å². The van der Waals surface area contributed by atoms with E-state index in [-0.39, 0.29) is 11.7 Å². The van der Waals surface area contributed by atoms with Gasteiger partial charge in [0.25, 0.3) is 0 Å². The summed E-state index contributed by atoms with van der Waals surface area (Å²) in [5.41, 5.74) is 1.82. The summed E-state index contributed by atoms with van der Waals surface area (Å²) in [5, 5.41) is 0.991. The van der Waals surface area contributed by atoms with Gasteiger partial charge in [0, 0.05) is 29.2 Å². The molecule has 0 saturated heterocycles. The second-order valence-corrected chi connectivity index (χ2v) is 3.67. The summed E-state index contributed by atoms with van der Waals surface area (Å²) in [6, 6.07) is 7.89. The minimum absolute atomic E-state index is 0.0138. The fraction of sp³-hybridized carbons (Fsp3) is 0.250. The summed E-state index contributed by atoms with van der Waals surface area (Å²) in [5.74, 6) is 0.0256. The average Bonchev–Trinajstić information content (AvgIpc) is 2.67. The summed E-state index contributed by atoms with van der Waals surface area (Å²) >= 11 is 5.58. The average molecular weight is 222 g/mol. The van der Waals surface area contributed by atoms with Gasteiger partial charge in [0.05, 0.1) is 5.88 Å². The highest BCUT2D eigenvalue weighted by Gasteiger charge is 2.12. The number of para-hydroxylation sites is 1. The van der Waals surface area contributed by atoms with E-state index in [2.05, 4.69) is 11.5 Å². The number of rotatable bonds is 3. The van der Waals surface area contributed by atoms with Crippen LogP contribution in [0.2, 0.25) is 0 Å². The first-order valence-electron chi connectivity index (χ1n) is 4.95. The zero-order chi connectivity index (χ0) is 10.8. The SMILES string of the molecule is CCn1cc(C(=O)CCl)c2ccccc21. The van der Waals surface area contributed by atoms with Crippen molar-refractivity contribution in [2.45, 2.75) is 13.5 Å². The maximum Gasteiger partial charge on any atom is 0.179 e. The molecule has 0 radical (unpaired) electrons. The third-order valence-electron chi connectivity index (χ3n) is 2.55. The number of aryl methyl sites for hydroxylation is 1. The van der Waals surface area contributed by atoms with E-state index in [0.717, 1.165) is 23.0 Å². The highest BCUT2D eigenvalue weighted by Crippen LogP contribution is 2.21. The van der Waals surface area contributed by atoms with Gasteiger partial charge < -0.3 is 4.57 Å². The Kier molecular flexibility index (Phi) is 2.78. The molecule has 0 unspecified atom stereocenters. The number of carbonyl (C=O) groups excluding carboxylic acids is 1. The van der Waals surface area contributed by atoms with E-state index in [9.17, 15) is 4.79 Å². The number of nitrogens with zero attached hydrogens (tertiary/aromatic N) is 1. The Morgan fingerprint density at radius 1 is 1.40 bits per heavy atom. The molecule has 0 aliphatic heterocycles. The number of benzene rings is 1. The van der Waals surface area contributed by atoms with Gasteiger partial charge in [-0.25, -0.2) is 0 Å². The lowest BCUT2D eigenvalue weighted by Crippen LogP contribution is -1.99. The van der Waals surface area contributed by atoms with Gasteiger partial charge in [0.15, 0.2) is 5.78 Å². The van der Waals surface area contributed by atoms with E-state index in [4.69, 9.17) is 11.6 Å². The van der Waals surface area contributed by atoms with Gasteiger partial charge >= 0.3 is 0 Å². The Morgan fingerprint density at radius 3 is 2.80 bits per heavy atom. The minimum atomic E-state index is -0.0138. The van der Waals surface area contributed by atoms with Crippen LogP contribution in [0, 0.1) is 0 Å². The van der Waals surface area contributed by atoms with Crippen molar-refractivity contribution in [3.05, 3.63) is 36.0 Å². The maximum atomic E-state index is 11.6. The van der Waals surface area contributed by atoms with Crippen LogP contribution in [0.15, 0.2) is 30.5 Å². The quantitative estimate of drug-likeness (QED) is 0.577. The van der Waals surface area contributed by atoms with Crippen LogP contribution >= 0.6 is 11.6 Å². The standard InChI is InChI=1S/C12H12ClNO/c1-2-14-8-10(12(15)7-13)9-5-3-4-6-11(9)14/h3-6,8H,2,7H2,1H3. The van der Waals surface area contributed by atoms with Gasteiger partial charge in [0.1, 0.15) is 0 Å². The number of halogens is 1. The Morgan fingerprint density at radius 2 is 2.13 bits per heavy atom. The number of Topliss-reactive ketones (excluding diaryl/α,β-unsaturated/α-hetero) is 1. The molecule has 15 heavy (non-hydrogen) atoms. The first-order valence-corrected chi connectivity index (χ1v) is 5.48. The summed E-state index contributed by atoms with van der Waals surface area (Å²) < 4.78 is 2.06. The predicted molar refractivity (Wildman–Crippen MR) is 62.7 cm³/mol. The highest BCUT2D eigenvalue weighted by molar-refractivity contribution is 6.32. The third-order valence-corrected chi connectivity index (χ3v) is 2.79. The lowest BCUT2D eigenvalue weighted by atomic mass is 10.1. The summed E-state index contributed by atoms with van der Waals surface area (Å²) in [6.45, 7) is 2.91. The Balaban J connectivity index is 2.70. The Bertz CT molecular complexity index is 501. The summed E-state index contributed by atoms with van der Waals surface area (Å²) in [6.07, 6.45) is 1.88. The molecule has 0 saturated carbocycles. The molecule has 3 heteroatoms. The van der Waals surface area contributed by atoms with Crippen molar-refractivity contribution >= 4 is 28.3 Å². The van der Waals surface area contributed by atoms with Crippen molar-refractivity contribution in [1.82, 2.24) is 4.57 Å². The molecule has 0 N–H and O–H groups in total. The van der Waals surface area contributed by atoms with Crippen LogP contribution in [0.5, 0.6) is 0 Å². The predicted octanol–water partition coefficient (Wildman–Crippen LogP) is 3.08. The van der Waals surface area contributed by atoms with Crippen molar-refractivity contribution in [3.63, 3.8) is 0 Å². The van der Waals surface area contributed by atoms with Crippen LogP contribution in [0.3, 0.4) is 0 Å². The molecule has 2 nitrogen and oxygen atoms in total. The molecule has 0 amide bonds. The lowest BCUT2D eigenvalue weighted by molar-refractivity contribution is 0.102. The van der Waals surface area contributed by atoms with E-state index in [1.54, 1.807) is 0 Å². The fourth-order valence-corrected chi connectivity index (χ4v) is 1.95. The molecule has 2 aromatic rings. The number of carbonyl (C=O) groups is 1. The normalized spacial score (nSPS) is 10.8. The minimum Gasteiger partial charge on any atom is -0.347 e. The maximum absolute atomic E-state index is 11.6. The van der Waals surface area contributed by atoms with Gasteiger partial charge in [-0.1, -0.05) is 18.2 Å². The largest absolute Gasteiger partial charge is 0.347 e. The van der Waals surface area contributed by atoms with E-state index in [1.165, 1.54) is 0 Å². The molecular weight excluding hydrogens is 210 g/mol. The number of hydrogen-bond acceptors (Lipinski definition) is 1. The Hall–Kier alpha value is -1.28. The smallest absolute Gasteiger partial charge is 0.179 e. The van der Waals surface area contributed by atoms with E-state index < -0.39 is 0 Å². The second-order valence-electron chi connectivity index (χ2n) is 3.40. The van der Waals surface area contributed by atoms with E-state index >= 15 is 0 Å². The molecule has 2 rings (SSSR count). The van der Waals surface area contributed by atoms with Gasteiger partial charge in [-0.05, 0) is 13.0 Å². The number of fused-ring (bicyclic) bond motifs is 1. The van der Waals surface area contributed by atoms with Crippen molar-refractivity contribution < 1.29 is 4.79 Å². The topological polar surface area (TPSA) is 22.0 Å². The number of aromatic nitrogens is 1. The molecule has 0 bridgehead atoms.